The molecule has 0 fully saturated rings. The van der Waals surface area contributed by atoms with Gasteiger partial charge in [0.15, 0.2) is 11.9 Å². The van der Waals surface area contributed by atoms with Crippen LogP contribution in [0.2, 0.25) is 0 Å². The van der Waals surface area contributed by atoms with Crippen LogP contribution < -0.4 is 9.64 Å². The SMILES string of the molecule is CCCC(=O)c1ccc2c(c1)N(CC(=O)N(C)Cc1ccccc1)C(=O)C(C)O2. The number of nitrogens with zero attached hydrogens (tertiary/aromatic N) is 2. The van der Waals surface area contributed by atoms with Gasteiger partial charge in [0.25, 0.3) is 5.91 Å². The number of likely N-dealkylation sites (N-methyl/N-ethyl adjacent to an activating group) is 1. The van der Waals surface area contributed by atoms with Crippen molar-refractivity contribution in [1.82, 2.24) is 4.90 Å². The highest BCUT2D eigenvalue weighted by atomic mass is 16.5. The van der Waals surface area contributed by atoms with E-state index in [9.17, 15) is 14.4 Å². The summed E-state index contributed by atoms with van der Waals surface area (Å²) in [5, 5.41) is 0. The van der Waals surface area contributed by atoms with Gasteiger partial charge in [0, 0.05) is 25.6 Å². The van der Waals surface area contributed by atoms with Crippen molar-refractivity contribution < 1.29 is 19.1 Å². The summed E-state index contributed by atoms with van der Waals surface area (Å²) in [5.74, 6) is 0.0316. The molecule has 6 heteroatoms. The molecule has 0 aliphatic carbocycles. The maximum Gasteiger partial charge on any atom is 0.268 e. The number of fused-ring (bicyclic) bond motifs is 1. The average Bonchev–Trinajstić information content (AvgIpc) is 2.71. The zero-order chi connectivity index (χ0) is 21.0. The topological polar surface area (TPSA) is 66.9 Å². The van der Waals surface area contributed by atoms with Crippen molar-refractivity contribution in [3.63, 3.8) is 0 Å². The highest BCUT2D eigenvalue weighted by Crippen LogP contribution is 2.35. The molecular formula is C23H26N2O4. The minimum absolute atomic E-state index is 0.00819. The maximum atomic E-state index is 12.8. The molecule has 2 aromatic rings. The van der Waals surface area contributed by atoms with Gasteiger partial charge in [-0.25, -0.2) is 0 Å². The molecule has 0 bridgehead atoms. The molecule has 1 atom stereocenters. The summed E-state index contributed by atoms with van der Waals surface area (Å²) in [4.78, 5) is 40.9. The van der Waals surface area contributed by atoms with Crippen LogP contribution >= 0.6 is 0 Å². The van der Waals surface area contributed by atoms with Crippen LogP contribution in [0.4, 0.5) is 5.69 Å². The molecule has 0 aromatic heterocycles. The number of ether oxygens (including phenoxy) is 1. The van der Waals surface area contributed by atoms with E-state index >= 15 is 0 Å². The Morgan fingerprint density at radius 3 is 2.55 bits per heavy atom. The first-order valence-electron chi connectivity index (χ1n) is 9.84. The number of rotatable bonds is 7. The second kappa shape index (κ2) is 8.90. The van der Waals surface area contributed by atoms with Crippen LogP contribution in [0.1, 0.15) is 42.6 Å². The minimum atomic E-state index is -0.688. The van der Waals surface area contributed by atoms with Gasteiger partial charge in [-0.3, -0.25) is 19.3 Å². The fourth-order valence-electron chi connectivity index (χ4n) is 3.32. The molecule has 6 nitrogen and oxygen atoms in total. The van der Waals surface area contributed by atoms with E-state index in [0.717, 1.165) is 12.0 Å². The van der Waals surface area contributed by atoms with Crippen LogP contribution in [0.5, 0.6) is 5.75 Å². The number of benzene rings is 2. The molecule has 2 amide bonds. The molecule has 0 saturated heterocycles. The molecule has 0 radical (unpaired) electrons. The number of ketones is 1. The Bertz CT molecular complexity index is 910. The highest BCUT2D eigenvalue weighted by molar-refractivity contribution is 6.05. The van der Waals surface area contributed by atoms with Gasteiger partial charge >= 0.3 is 0 Å². The van der Waals surface area contributed by atoms with Crippen molar-refractivity contribution in [3.8, 4) is 5.75 Å². The summed E-state index contributed by atoms with van der Waals surface area (Å²) in [5.41, 5.74) is 2.00. The first-order valence-corrected chi connectivity index (χ1v) is 9.84. The third-order valence-corrected chi connectivity index (χ3v) is 4.95. The third-order valence-electron chi connectivity index (χ3n) is 4.95. The summed E-state index contributed by atoms with van der Waals surface area (Å²) in [6.07, 6.45) is 0.490. The first-order chi connectivity index (χ1) is 13.9. The number of Topliss-reactive ketones (excluding diaryl/α,β-unsaturated/α-hetero) is 1. The maximum absolute atomic E-state index is 12.8. The zero-order valence-electron chi connectivity index (χ0n) is 17.1. The quantitative estimate of drug-likeness (QED) is 0.675. The summed E-state index contributed by atoms with van der Waals surface area (Å²) in [6.45, 7) is 3.95. The Kier molecular flexibility index (Phi) is 6.32. The molecule has 0 spiro atoms. The van der Waals surface area contributed by atoms with Crippen molar-refractivity contribution in [1.29, 1.82) is 0 Å². The molecule has 1 aliphatic heterocycles. The van der Waals surface area contributed by atoms with E-state index in [-0.39, 0.29) is 24.1 Å². The van der Waals surface area contributed by atoms with Crippen molar-refractivity contribution in [2.45, 2.75) is 39.3 Å². The van der Waals surface area contributed by atoms with Gasteiger partial charge in [0.2, 0.25) is 5.91 Å². The molecule has 152 valence electrons. The average molecular weight is 394 g/mol. The van der Waals surface area contributed by atoms with Crippen LogP contribution in [0, 0.1) is 0 Å². The van der Waals surface area contributed by atoms with Gasteiger partial charge in [0.05, 0.1) is 5.69 Å². The third kappa shape index (κ3) is 4.65. The van der Waals surface area contributed by atoms with Gasteiger partial charge < -0.3 is 9.64 Å². The summed E-state index contributed by atoms with van der Waals surface area (Å²) < 4.78 is 5.68. The van der Waals surface area contributed by atoms with Crippen LogP contribution in [0.15, 0.2) is 48.5 Å². The van der Waals surface area contributed by atoms with Gasteiger partial charge in [0.1, 0.15) is 12.3 Å². The molecule has 0 N–H and O–H groups in total. The number of amides is 2. The van der Waals surface area contributed by atoms with Crippen molar-refractivity contribution in [2.75, 3.05) is 18.5 Å². The second-order valence-corrected chi connectivity index (χ2v) is 7.28. The number of hydrogen-bond acceptors (Lipinski definition) is 4. The lowest BCUT2D eigenvalue weighted by molar-refractivity contribution is -0.132. The smallest absolute Gasteiger partial charge is 0.268 e. The van der Waals surface area contributed by atoms with E-state index in [1.54, 1.807) is 37.1 Å². The monoisotopic (exact) mass is 394 g/mol. The Hall–Kier alpha value is -3.15. The van der Waals surface area contributed by atoms with Crippen molar-refractivity contribution >= 4 is 23.3 Å². The summed E-state index contributed by atoms with van der Waals surface area (Å²) in [7, 11) is 1.71. The number of hydrogen-bond donors (Lipinski definition) is 0. The highest BCUT2D eigenvalue weighted by Gasteiger charge is 2.33. The number of anilines is 1. The predicted octanol–water partition coefficient (Wildman–Crippen LogP) is 3.44. The van der Waals surface area contributed by atoms with Crippen LogP contribution in [-0.2, 0) is 16.1 Å². The Morgan fingerprint density at radius 1 is 1.14 bits per heavy atom. The van der Waals surface area contributed by atoms with E-state index in [4.69, 9.17) is 4.74 Å². The zero-order valence-corrected chi connectivity index (χ0v) is 17.1. The molecule has 3 rings (SSSR count). The molecule has 1 aliphatic rings. The largest absolute Gasteiger partial charge is 0.479 e. The van der Waals surface area contributed by atoms with Crippen molar-refractivity contribution in [3.05, 3.63) is 59.7 Å². The molecular weight excluding hydrogens is 368 g/mol. The van der Waals surface area contributed by atoms with Gasteiger partial charge in [-0.05, 0) is 37.1 Å². The van der Waals surface area contributed by atoms with Crippen molar-refractivity contribution in [2.24, 2.45) is 0 Å². The summed E-state index contributed by atoms with van der Waals surface area (Å²) >= 11 is 0. The molecule has 1 heterocycles. The molecule has 1 unspecified atom stereocenters. The number of carbonyl (C=O) groups excluding carboxylic acids is 3. The number of carbonyl (C=O) groups is 3. The lowest BCUT2D eigenvalue weighted by atomic mass is 10.0. The normalized spacial score (nSPS) is 15.5. The summed E-state index contributed by atoms with van der Waals surface area (Å²) in [6, 6.07) is 14.7. The van der Waals surface area contributed by atoms with Crippen LogP contribution in [-0.4, -0.2) is 42.2 Å². The fourth-order valence-corrected chi connectivity index (χ4v) is 3.32. The lowest BCUT2D eigenvalue weighted by Crippen LogP contribution is -2.49. The van der Waals surface area contributed by atoms with Crippen LogP contribution in [0.25, 0.3) is 0 Å². The van der Waals surface area contributed by atoms with E-state index in [1.807, 2.05) is 37.3 Å². The van der Waals surface area contributed by atoms with E-state index in [0.29, 0.717) is 30.0 Å². The van der Waals surface area contributed by atoms with Gasteiger partial charge in [-0.1, -0.05) is 37.3 Å². The first kappa shape index (κ1) is 20.6. The Balaban J connectivity index is 1.82. The van der Waals surface area contributed by atoms with E-state index in [1.165, 1.54) is 4.90 Å². The van der Waals surface area contributed by atoms with E-state index < -0.39 is 6.10 Å². The Morgan fingerprint density at radius 2 is 1.86 bits per heavy atom. The van der Waals surface area contributed by atoms with Crippen LogP contribution in [0.3, 0.4) is 0 Å². The molecule has 2 aromatic carbocycles. The van der Waals surface area contributed by atoms with Gasteiger partial charge in [-0.2, -0.15) is 0 Å². The Labute approximate surface area is 171 Å². The standard InChI is InChI=1S/C23H26N2O4/c1-4-8-20(26)18-11-12-21-19(13-18)25(23(28)16(2)29-21)15-22(27)24(3)14-17-9-6-5-7-10-17/h5-7,9-13,16H,4,8,14-15H2,1-3H3. The predicted molar refractivity (Wildman–Crippen MR) is 111 cm³/mol. The fraction of sp³-hybridized carbons (Fsp3) is 0.348. The van der Waals surface area contributed by atoms with E-state index in [2.05, 4.69) is 0 Å². The minimum Gasteiger partial charge on any atom is -0.479 e. The lowest BCUT2D eigenvalue weighted by Gasteiger charge is -2.33. The second-order valence-electron chi connectivity index (χ2n) is 7.28. The molecule has 29 heavy (non-hydrogen) atoms. The molecule has 0 saturated carbocycles. The van der Waals surface area contributed by atoms with Gasteiger partial charge in [-0.15, -0.1) is 0 Å².